The summed E-state index contributed by atoms with van der Waals surface area (Å²) in [6.45, 7) is 6.59. The molecule has 1 aliphatic heterocycles. The molecule has 118 valence electrons. The Kier molecular flexibility index (Phi) is 5.11. The maximum absolute atomic E-state index is 12.5. The molecule has 0 aliphatic carbocycles. The minimum Gasteiger partial charge on any atom is -0.397 e. The van der Waals surface area contributed by atoms with E-state index in [2.05, 4.69) is 4.90 Å². The van der Waals surface area contributed by atoms with Gasteiger partial charge in [0, 0.05) is 26.2 Å². The van der Waals surface area contributed by atoms with Gasteiger partial charge in [-0.1, -0.05) is 13.8 Å². The highest BCUT2D eigenvalue weighted by atomic mass is 32.2. The second-order valence-electron chi connectivity index (χ2n) is 5.36. The molecule has 0 unspecified atom stereocenters. The predicted molar refractivity (Wildman–Crippen MR) is 87.0 cm³/mol. The Hall–Kier alpha value is -1.27. The van der Waals surface area contributed by atoms with E-state index in [1.807, 2.05) is 19.9 Å². The van der Waals surface area contributed by atoms with E-state index in [1.165, 1.54) is 23.6 Å². The number of nitrogens with two attached hydrogens (primary N) is 1. The van der Waals surface area contributed by atoms with Crippen LogP contribution >= 0.6 is 0 Å². The van der Waals surface area contributed by atoms with Crippen LogP contribution in [0.5, 0.6) is 0 Å². The lowest BCUT2D eigenvalue weighted by molar-refractivity contribution is 0.445. The molecule has 1 fully saturated rings. The van der Waals surface area contributed by atoms with Crippen LogP contribution in [0, 0.1) is 0 Å². The highest BCUT2D eigenvalue weighted by Crippen LogP contribution is 2.29. The number of hydrogen-bond donors (Lipinski definition) is 1. The predicted octanol–water partition coefficient (Wildman–Crippen LogP) is 2.29. The number of anilines is 2. The number of rotatable bonds is 5. The Bertz CT molecular complexity index is 577. The standard InChI is InChI=1S/C15H25N3O2S/c1-3-18(4-2)21(19,20)13-8-9-15(14(16)12-13)17-10-6-5-7-11-17/h8-9,12H,3-7,10-11,16H2,1-2H3. The molecule has 1 heterocycles. The van der Waals surface area contributed by atoms with Crippen LogP contribution in [0.15, 0.2) is 23.1 Å². The monoisotopic (exact) mass is 311 g/mol. The van der Waals surface area contributed by atoms with Crippen LogP contribution in [0.2, 0.25) is 0 Å². The normalized spacial score (nSPS) is 16.4. The molecule has 1 aliphatic rings. The van der Waals surface area contributed by atoms with Crippen molar-refractivity contribution < 1.29 is 8.42 Å². The van der Waals surface area contributed by atoms with Crippen molar-refractivity contribution in [3.8, 4) is 0 Å². The van der Waals surface area contributed by atoms with Gasteiger partial charge in [-0.05, 0) is 37.5 Å². The van der Waals surface area contributed by atoms with E-state index >= 15 is 0 Å². The molecule has 0 amide bonds. The minimum atomic E-state index is -3.44. The van der Waals surface area contributed by atoms with E-state index < -0.39 is 10.0 Å². The van der Waals surface area contributed by atoms with Crippen LogP contribution < -0.4 is 10.6 Å². The highest BCUT2D eigenvalue weighted by molar-refractivity contribution is 7.89. The van der Waals surface area contributed by atoms with Gasteiger partial charge in [0.25, 0.3) is 0 Å². The zero-order valence-electron chi connectivity index (χ0n) is 12.9. The van der Waals surface area contributed by atoms with E-state index in [1.54, 1.807) is 12.1 Å². The van der Waals surface area contributed by atoms with Crippen LogP contribution in [0.1, 0.15) is 33.1 Å². The molecule has 1 aromatic rings. The molecule has 0 saturated carbocycles. The third kappa shape index (κ3) is 3.32. The first-order chi connectivity index (χ1) is 10.0. The first kappa shape index (κ1) is 16.1. The Morgan fingerprint density at radius 3 is 2.29 bits per heavy atom. The van der Waals surface area contributed by atoms with Gasteiger partial charge in [0.1, 0.15) is 0 Å². The fraction of sp³-hybridized carbons (Fsp3) is 0.600. The van der Waals surface area contributed by atoms with Crippen molar-refractivity contribution in [2.45, 2.75) is 38.0 Å². The molecular formula is C15H25N3O2S. The van der Waals surface area contributed by atoms with Crippen molar-refractivity contribution >= 4 is 21.4 Å². The van der Waals surface area contributed by atoms with E-state index in [-0.39, 0.29) is 4.90 Å². The smallest absolute Gasteiger partial charge is 0.243 e. The van der Waals surface area contributed by atoms with Gasteiger partial charge in [-0.15, -0.1) is 0 Å². The molecule has 2 rings (SSSR count). The molecule has 0 spiro atoms. The number of hydrogen-bond acceptors (Lipinski definition) is 4. The molecule has 21 heavy (non-hydrogen) atoms. The van der Waals surface area contributed by atoms with Crippen LogP contribution in [0.25, 0.3) is 0 Å². The zero-order chi connectivity index (χ0) is 15.5. The molecular weight excluding hydrogens is 286 g/mol. The first-order valence-corrected chi connectivity index (χ1v) is 9.09. The van der Waals surface area contributed by atoms with Gasteiger partial charge >= 0.3 is 0 Å². The van der Waals surface area contributed by atoms with E-state index in [0.29, 0.717) is 18.8 Å². The molecule has 2 N–H and O–H groups in total. The molecule has 1 aromatic carbocycles. The number of nitrogen functional groups attached to an aromatic ring is 1. The summed E-state index contributed by atoms with van der Waals surface area (Å²) in [6.07, 6.45) is 3.59. The lowest BCUT2D eigenvalue weighted by atomic mass is 10.1. The summed E-state index contributed by atoms with van der Waals surface area (Å²) in [5.74, 6) is 0. The van der Waals surface area contributed by atoms with Gasteiger partial charge in [0.05, 0.1) is 16.3 Å². The third-order valence-corrected chi connectivity index (χ3v) is 6.08. The maximum Gasteiger partial charge on any atom is 0.243 e. The fourth-order valence-corrected chi connectivity index (χ4v) is 4.32. The average Bonchev–Trinajstić information content (AvgIpc) is 2.49. The van der Waals surface area contributed by atoms with Gasteiger partial charge in [-0.25, -0.2) is 8.42 Å². The summed E-state index contributed by atoms with van der Waals surface area (Å²) >= 11 is 0. The molecule has 0 bridgehead atoms. The van der Waals surface area contributed by atoms with Gasteiger partial charge in [0.2, 0.25) is 10.0 Å². The van der Waals surface area contributed by atoms with Gasteiger partial charge in [0.15, 0.2) is 0 Å². The Morgan fingerprint density at radius 1 is 1.14 bits per heavy atom. The lowest BCUT2D eigenvalue weighted by Gasteiger charge is -2.30. The minimum absolute atomic E-state index is 0.282. The van der Waals surface area contributed by atoms with Crippen molar-refractivity contribution in [1.29, 1.82) is 0 Å². The zero-order valence-corrected chi connectivity index (χ0v) is 13.7. The quantitative estimate of drug-likeness (QED) is 0.847. The van der Waals surface area contributed by atoms with Crippen LogP contribution in [-0.2, 0) is 10.0 Å². The average molecular weight is 311 g/mol. The third-order valence-electron chi connectivity index (χ3n) is 4.04. The fourth-order valence-electron chi connectivity index (χ4n) is 2.83. The van der Waals surface area contributed by atoms with E-state index in [0.717, 1.165) is 18.8 Å². The second-order valence-corrected chi connectivity index (χ2v) is 7.30. The second kappa shape index (κ2) is 6.66. The maximum atomic E-state index is 12.5. The summed E-state index contributed by atoms with van der Waals surface area (Å²) in [4.78, 5) is 2.52. The molecule has 1 saturated heterocycles. The van der Waals surface area contributed by atoms with Crippen LogP contribution in [0.3, 0.4) is 0 Å². The van der Waals surface area contributed by atoms with Crippen molar-refractivity contribution in [3.05, 3.63) is 18.2 Å². The Labute approximate surface area is 127 Å². The summed E-state index contributed by atoms with van der Waals surface area (Å²) in [5.41, 5.74) is 7.61. The van der Waals surface area contributed by atoms with Gasteiger partial charge in [-0.2, -0.15) is 4.31 Å². The van der Waals surface area contributed by atoms with Gasteiger partial charge in [-0.3, -0.25) is 0 Å². The molecule has 6 heteroatoms. The highest BCUT2D eigenvalue weighted by Gasteiger charge is 2.23. The largest absolute Gasteiger partial charge is 0.397 e. The molecule has 0 radical (unpaired) electrons. The van der Waals surface area contributed by atoms with E-state index in [9.17, 15) is 8.42 Å². The molecule has 0 atom stereocenters. The number of sulfonamides is 1. The number of nitrogens with zero attached hydrogens (tertiary/aromatic N) is 2. The van der Waals surface area contributed by atoms with Gasteiger partial charge < -0.3 is 10.6 Å². The van der Waals surface area contributed by atoms with Crippen LogP contribution in [0.4, 0.5) is 11.4 Å². The molecule has 5 nitrogen and oxygen atoms in total. The summed E-state index contributed by atoms with van der Waals surface area (Å²) in [5, 5.41) is 0. The van der Waals surface area contributed by atoms with Crippen molar-refractivity contribution in [1.82, 2.24) is 4.31 Å². The van der Waals surface area contributed by atoms with E-state index in [4.69, 9.17) is 5.73 Å². The summed E-state index contributed by atoms with van der Waals surface area (Å²) < 4.78 is 26.4. The SMILES string of the molecule is CCN(CC)S(=O)(=O)c1ccc(N2CCCCC2)c(N)c1. The molecule has 0 aromatic heterocycles. The number of piperidine rings is 1. The van der Waals surface area contributed by atoms with Crippen molar-refractivity contribution in [2.75, 3.05) is 36.8 Å². The van der Waals surface area contributed by atoms with Crippen LogP contribution in [-0.4, -0.2) is 38.9 Å². The van der Waals surface area contributed by atoms with Crippen molar-refractivity contribution in [2.24, 2.45) is 0 Å². The number of benzene rings is 1. The first-order valence-electron chi connectivity index (χ1n) is 7.65. The summed E-state index contributed by atoms with van der Waals surface area (Å²) in [7, 11) is -3.44. The Balaban J connectivity index is 2.30. The Morgan fingerprint density at radius 2 is 1.76 bits per heavy atom. The lowest BCUT2D eigenvalue weighted by Crippen LogP contribution is -2.31. The topological polar surface area (TPSA) is 66.6 Å². The summed E-state index contributed by atoms with van der Waals surface area (Å²) in [6, 6.07) is 5.11. The van der Waals surface area contributed by atoms with Crippen molar-refractivity contribution in [3.63, 3.8) is 0 Å².